The molecule has 132 valence electrons. The van der Waals surface area contributed by atoms with E-state index < -0.39 is 0 Å². The maximum atomic E-state index is 15.2. The van der Waals surface area contributed by atoms with Gasteiger partial charge in [-0.2, -0.15) is 0 Å². The second kappa shape index (κ2) is 5.51. The molecule has 2 aromatic carbocycles. The van der Waals surface area contributed by atoms with E-state index in [4.69, 9.17) is 0 Å². The monoisotopic (exact) mass is 346 g/mol. The predicted molar refractivity (Wildman–Crippen MR) is 105 cm³/mol. The Morgan fingerprint density at radius 1 is 0.885 bits per heavy atom. The van der Waals surface area contributed by atoms with E-state index in [0.29, 0.717) is 0 Å². The van der Waals surface area contributed by atoms with Gasteiger partial charge in [-0.05, 0) is 55.2 Å². The summed E-state index contributed by atoms with van der Waals surface area (Å²) >= 11 is 0. The highest BCUT2D eigenvalue weighted by molar-refractivity contribution is 5.93. The molecule has 0 atom stereocenters. The van der Waals surface area contributed by atoms with Gasteiger partial charge in [-0.25, -0.2) is 8.96 Å². The molecule has 1 nitrogen and oxygen atoms in total. The van der Waals surface area contributed by atoms with Gasteiger partial charge in [0, 0.05) is 28.2 Å². The Balaban J connectivity index is 2.18. The summed E-state index contributed by atoms with van der Waals surface area (Å²) in [6.07, 6.45) is 2.13. The van der Waals surface area contributed by atoms with Crippen molar-refractivity contribution in [2.45, 2.75) is 40.0 Å². The molecule has 0 spiro atoms. The van der Waals surface area contributed by atoms with Gasteiger partial charge in [-0.3, -0.25) is 0 Å². The normalized spacial score (nSPS) is 14.3. The topological polar surface area (TPSA) is 3.88 Å². The Hall–Kier alpha value is -2.48. The molecule has 4 rings (SSSR count). The van der Waals surface area contributed by atoms with Crippen molar-refractivity contribution in [3.8, 4) is 22.4 Å². The highest BCUT2D eigenvalue weighted by atomic mass is 19.1. The molecule has 0 saturated heterocycles. The lowest BCUT2D eigenvalue weighted by atomic mass is 9.79. The van der Waals surface area contributed by atoms with Gasteiger partial charge in [0.1, 0.15) is 12.9 Å². The van der Waals surface area contributed by atoms with Crippen molar-refractivity contribution in [1.29, 1.82) is 0 Å². The van der Waals surface area contributed by atoms with Crippen LogP contribution in [0.5, 0.6) is 0 Å². The van der Waals surface area contributed by atoms with E-state index in [1.807, 2.05) is 6.92 Å². The number of nitrogens with zero attached hydrogens (tertiary/aromatic N) is 1. The number of benzene rings is 2. The molecule has 2 heteroatoms. The van der Waals surface area contributed by atoms with Gasteiger partial charge in [0.05, 0.1) is 5.56 Å². The molecule has 0 saturated carbocycles. The molecule has 0 radical (unpaired) electrons. The van der Waals surface area contributed by atoms with Gasteiger partial charge in [-0.15, -0.1) is 0 Å². The third-order valence-electron chi connectivity index (χ3n) is 5.81. The summed E-state index contributed by atoms with van der Waals surface area (Å²) in [5.74, 6) is -0.100. The number of pyridine rings is 1. The summed E-state index contributed by atoms with van der Waals surface area (Å²) in [5, 5.41) is 0. The third-order valence-corrected chi connectivity index (χ3v) is 5.81. The molecular weight excluding hydrogens is 321 g/mol. The third kappa shape index (κ3) is 2.18. The molecule has 0 aliphatic heterocycles. The van der Waals surface area contributed by atoms with E-state index in [2.05, 4.69) is 75.8 Å². The molecule has 1 aliphatic rings. The van der Waals surface area contributed by atoms with E-state index in [-0.39, 0.29) is 11.2 Å². The maximum Gasteiger partial charge on any atom is 0.213 e. The van der Waals surface area contributed by atoms with Gasteiger partial charge in [0.2, 0.25) is 5.69 Å². The largest absolute Gasteiger partial charge is 0.213 e. The number of hydrogen-bond acceptors (Lipinski definition) is 0. The van der Waals surface area contributed by atoms with E-state index in [9.17, 15) is 0 Å². The van der Waals surface area contributed by atoms with Crippen molar-refractivity contribution in [2.75, 3.05) is 0 Å². The molecule has 0 unspecified atom stereocenters. The van der Waals surface area contributed by atoms with Crippen LogP contribution in [0.15, 0.2) is 42.6 Å². The van der Waals surface area contributed by atoms with Crippen LogP contribution >= 0.6 is 0 Å². The Kier molecular flexibility index (Phi) is 3.59. The lowest BCUT2D eigenvalue weighted by molar-refractivity contribution is -0.660. The predicted octanol–water partition coefficient (Wildman–Crippen LogP) is 5.55. The van der Waals surface area contributed by atoms with Crippen LogP contribution in [0.4, 0.5) is 4.39 Å². The van der Waals surface area contributed by atoms with Crippen molar-refractivity contribution in [3.05, 3.63) is 76.2 Å². The smallest absolute Gasteiger partial charge is 0.207 e. The fraction of sp³-hybridized carbons (Fsp3) is 0.292. The zero-order chi connectivity index (χ0) is 18.8. The molecule has 0 amide bonds. The van der Waals surface area contributed by atoms with Gasteiger partial charge in [0.25, 0.3) is 0 Å². The molecule has 3 aromatic rings. The SMILES string of the molecule is Cc1ccc(-c2c(C)cc(F)c3c2-c2cccc(C)c2C3(C)C)[n+](C)c1. The molecule has 1 aliphatic carbocycles. The first-order chi connectivity index (χ1) is 12.2. The van der Waals surface area contributed by atoms with E-state index in [1.165, 1.54) is 22.3 Å². The number of halogens is 1. The Morgan fingerprint density at radius 2 is 1.62 bits per heavy atom. The van der Waals surface area contributed by atoms with Gasteiger partial charge in [-0.1, -0.05) is 32.0 Å². The molecule has 1 heterocycles. The summed E-state index contributed by atoms with van der Waals surface area (Å²) in [5.41, 5.74) is 9.63. The van der Waals surface area contributed by atoms with Crippen LogP contribution in [0.25, 0.3) is 22.4 Å². The van der Waals surface area contributed by atoms with Crippen molar-refractivity contribution < 1.29 is 8.96 Å². The summed E-state index contributed by atoms with van der Waals surface area (Å²) in [4.78, 5) is 0. The van der Waals surface area contributed by atoms with Gasteiger partial charge in [0.15, 0.2) is 6.20 Å². The van der Waals surface area contributed by atoms with Crippen LogP contribution in [-0.4, -0.2) is 0 Å². The lowest BCUT2D eigenvalue weighted by Crippen LogP contribution is -2.31. The van der Waals surface area contributed by atoms with Crippen molar-refractivity contribution >= 4 is 0 Å². The minimum absolute atomic E-state index is 0.100. The quantitative estimate of drug-likeness (QED) is 0.509. The van der Waals surface area contributed by atoms with Crippen LogP contribution in [-0.2, 0) is 12.5 Å². The van der Waals surface area contributed by atoms with Crippen molar-refractivity contribution in [1.82, 2.24) is 0 Å². The second-order valence-corrected chi connectivity index (χ2v) is 8.13. The molecule has 0 fully saturated rings. The standard InChI is InChI=1S/C24H25FN/c1-14-10-11-19(26(6)13-14)20-16(3)12-18(25)23-21(20)17-9-7-8-15(2)22(17)24(23,4)5/h7-13H,1-6H3/q+1. The molecule has 0 N–H and O–H groups in total. The fourth-order valence-electron chi connectivity index (χ4n) is 4.82. The number of fused-ring (bicyclic) bond motifs is 3. The summed E-state index contributed by atoms with van der Waals surface area (Å²) in [6.45, 7) is 10.5. The average molecular weight is 346 g/mol. The zero-order valence-corrected chi connectivity index (χ0v) is 16.4. The molecule has 0 bridgehead atoms. The van der Waals surface area contributed by atoms with E-state index in [1.54, 1.807) is 6.07 Å². The molecule has 1 aromatic heterocycles. The van der Waals surface area contributed by atoms with Crippen molar-refractivity contribution in [3.63, 3.8) is 0 Å². The average Bonchev–Trinajstić information content (AvgIpc) is 2.78. The maximum absolute atomic E-state index is 15.2. The molecular formula is C24H25FN+. The van der Waals surface area contributed by atoms with Crippen LogP contribution in [0, 0.1) is 26.6 Å². The Morgan fingerprint density at radius 3 is 2.31 bits per heavy atom. The number of rotatable bonds is 1. The fourth-order valence-corrected chi connectivity index (χ4v) is 4.82. The Bertz CT molecular complexity index is 1060. The van der Waals surface area contributed by atoms with E-state index >= 15 is 4.39 Å². The van der Waals surface area contributed by atoms with E-state index in [0.717, 1.165) is 27.9 Å². The zero-order valence-electron chi connectivity index (χ0n) is 16.4. The van der Waals surface area contributed by atoms with Crippen LogP contribution in [0.3, 0.4) is 0 Å². The van der Waals surface area contributed by atoms with Gasteiger partial charge >= 0.3 is 0 Å². The van der Waals surface area contributed by atoms with Crippen LogP contribution in [0.1, 0.15) is 41.7 Å². The summed E-state index contributed by atoms with van der Waals surface area (Å²) < 4.78 is 17.3. The highest BCUT2D eigenvalue weighted by Gasteiger charge is 2.42. The second-order valence-electron chi connectivity index (χ2n) is 8.13. The summed E-state index contributed by atoms with van der Waals surface area (Å²) in [7, 11) is 2.06. The summed E-state index contributed by atoms with van der Waals surface area (Å²) in [6, 6.07) is 12.3. The first-order valence-corrected chi connectivity index (χ1v) is 9.14. The van der Waals surface area contributed by atoms with Crippen molar-refractivity contribution in [2.24, 2.45) is 7.05 Å². The van der Waals surface area contributed by atoms with Crippen LogP contribution < -0.4 is 4.57 Å². The van der Waals surface area contributed by atoms with Crippen LogP contribution in [0.2, 0.25) is 0 Å². The number of aryl methyl sites for hydroxylation is 4. The Labute approximate surface area is 155 Å². The molecule has 26 heavy (non-hydrogen) atoms. The van der Waals surface area contributed by atoms with Gasteiger partial charge < -0.3 is 0 Å². The minimum atomic E-state index is -0.341. The highest BCUT2D eigenvalue weighted by Crippen LogP contribution is 2.54. The number of hydrogen-bond donors (Lipinski definition) is 0. The minimum Gasteiger partial charge on any atom is -0.207 e. The number of aromatic nitrogens is 1. The first kappa shape index (κ1) is 17.0. The lowest BCUT2D eigenvalue weighted by Gasteiger charge is -2.24. The first-order valence-electron chi connectivity index (χ1n) is 9.14.